The summed E-state index contributed by atoms with van der Waals surface area (Å²) in [4.78, 5) is 13.6. The number of fused-ring (bicyclic) bond motifs is 2. The Bertz CT molecular complexity index is 820. The maximum absolute atomic E-state index is 12.7. The minimum atomic E-state index is -4.27. The van der Waals surface area contributed by atoms with Crippen LogP contribution in [0.15, 0.2) is 36.7 Å². The van der Waals surface area contributed by atoms with Crippen molar-refractivity contribution < 1.29 is 13.2 Å². The third-order valence-corrected chi connectivity index (χ3v) is 5.98. The molecule has 0 radical (unpaired) electrons. The second-order valence-corrected chi connectivity index (χ2v) is 7.89. The number of piperazine rings is 1. The molecule has 7 heteroatoms. The highest BCUT2D eigenvalue weighted by Gasteiger charge is 2.44. The number of hydrogen-bond acceptors (Lipinski definition) is 4. The van der Waals surface area contributed by atoms with E-state index in [-0.39, 0.29) is 0 Å². The monoisotopic (exact) mass is 374 g/mol. The zero-order chi connectivity index (χ0) is 18.6. The normalized spacial score (nSPS) is 25.4. The van der Waals surface area contributed by atoms with E-state index in [2.05, 4.69) is 25.8 Å². The molecule has 3 aliphatic heterocycles. The minimum absolute atomic E-state index is 0.436. The first-order chi connectivity index (χ1) is 13.0. The standard InChI is InChI=1S/C20H21F3N4/c21-20(22,23)15-5-1-13(2-6-15)9-27-16-7-17(27)11-26(10-16)19-8-18(14-3-4-14)24-12-25-19/h1-2,5-6,8,12,14,16-17H,3-4,7,9-11H2. The van der Waals surface area contributed by atoms with Gasteiger partial charge in [0.1, 0.15) is 12.1 Å². The van der Waals surface area contributed by atoms with Gasteiger partial charge in [-0.05, 0) is 37.0 Å². The number of alkyl halides is 3. The molecule has 1 aliphatic carbocycles. The van der Waals surface area contributed by atoms with Gasteiger partial charge in [-0.2, -0.15) is 13.2 Å². The Hall–Kier alpha value is -2.15. The summed E-state index contributed by atoms with van der Waals surface area (Å²) in [6.45, 7) is 2.54. The number of hydrogen-bond donors (Lipinski definition) is 0. The Kier molecular flexibility index (Phi) is 3.89. The SMILES string of the molecule is FC(F)(F)c1ccc(CN2C3CC2CN(c2cc(C4CC4)ncn2)C3)cc1. The maximum Gasteiger partial charge on any atom is 0.416 e. The molecule has 0 amide bonds. The lowest BCUT2D eigenvalue weighted by Crippen LogP contribution is -2.68. The molecule has 2 unspecified atom stereocenters. The Labute approximate surface area is 156 Å². The van der Waals surface area contributed by atoms with Crippen LogP contribution in [0, 0.1) is 0 Å². The van der Waals surface area contributed by atoms with E-state index in [1.54, 1.807) is 18.5 Å². The molecule has 1 saturated carbocycles. The van der Waals surface area contributed by atoms with Crippen LogP contribution >= 0.6 is 0 Å². The first kappa shape index (κ1) is 17.0. The molecular weight excluding hydrogens is 353 g/mol. The van der Waals surface area contributed by atoms with Gasteiger partial charge in [-0.15, -0.1) is 0 Å². The molecule has 3 saturated heterocycles. The molecule has 27 heavy (non-hydrogen) atoms. The van der Waals surface area contributed by atoms with Gasteiger partial charge in [0.05, 0.1) is 5.56 Å². The van der Waals surface area contributed by atoms with Crippen molar-refractivity contribution >= 4 is 5.82 Å². The van der Waals surface area contributed by atoms with Crippen LogP contribution in [0.25, 0.3) is 0 Å². The Morgan fingerprint density at radius 2 is 1.70 bits per heavy atom. The van der Waals surface area contributed by atoms with Gasteiger partial charge in [0.25, 0.3) is 0 Å². The first-order valence-corrected chi connectivity index (χ1v) is 9.46. The van der Waals surface area contributed by atoms with Crippen molar-refractivity contribution in [3.8, 4) is 0 Å². The number of nitrogens with zero attached hydrogens (tertiary/aromatic N) is 4. The smallest absolute Gasteiger partial charge is 0.353 e. The van der Waals surface area contributed by atoms with Gasteiger partial charge in [0.15, 0.2) is 0 Å². The molecule has 142 valence electrons. The summed E-state index contributed by atoms with van der Waals surface area (Å²) in [6.07, 6.45) is 0.995. The molecule has 4 nitrogen and oxygen atoms in total. The van der Waals surface area contributed by atoms with E-state index in [4.69, 9.17) is 0 Å². The van der Waals surface area contributed by atoms with Crippen LogP contribution in [0.5, 0.6) is 0 Å². The van der Waals surface area contributed by atoms with Gasteiger partial charge in [0, 0.05) is 49.4 Å². The summed E-state index contributed by atoms with van der Waals surface area (Å²) in [7, 11) is 0. The number of halogens is 3. The van der Waals surface area contributed by atoms with Crippen LogP contribution in [0.1, 0.15) is 42.0 Å². The molecular formula is C20H21F3N4. The van der Waals surface area contributed by atoms with E-state index >= 15 is 0 Å². The Morgan fingerprint density at radius 3 is 2.33 bits per heavy atom. The number of aromatic nitrogens is 2. The zero-order valence-corrected chi connectivity index (χ0v) is 14.9. The highest BCUT2D eigenvalue weighted by molar-refractivity contribution is 5.43. The minimum Gasteiger partial charge on any atom is -0.353 e. The second kappa shape index (κ2) is 6.19. The molecule has 4 heterocycles. The molecule has 1 aromatic carbocycles. The van der Waals surface area contributed by atoms with E-state index < -0.39 is 11.7 Å². The second-order valence-electron chi connectivity index (χ2n) is 7.89. The van der Waals surface area contributed by atoms with Crippen molar-refractivity contribution in [2.24, 2.45) is 0 Å². The fourth-order valence-corrected chi connectivity index (χ4v) is 4.28. The average molecular weight is 374 g/mol. The molecule has 4 fully saturated rings. The fourth-order valence-electron chi connectivity index (χ4n) is 4.28. The van der Waals surface area contributed by atoms with Crippen molar-refractivity contribution in [3.05, 3.63) is 53.5 Å². The number of piperidine rings is 1. The van der Waals surface area contributed by atoms with E-state index in [9.17, 15) is 13.2 Å². The summed E-state index contributed by atoms with van der Waals surface area (Å²) < 4.78 is 38.1. The van der Waals surface area contributed by atoms with Gasteiger partial charge < -0.3 is 4.90 Å². The van der Waals surface area contributed by atoms with Crippen LogP contribution in [0.2, 0.25) is 0 Å². The van der Waals surface area contributed by atoms with E-state index in [0.717, 1.165) is 36.6 Å². The molecule has 2 atom stereocenters. The van der Waals surface area contributed by atoms with E-state index in [1.807, 2.05) is 0 Å². The van der Waals surface area contributed by atoms with Gasteiger partial charge in [-0.3, -0.25) is 4.90 Å². The number of benzene rings is 1. The van der Waals surface area contributed by atoms with Crippen LogP contribution in [0.3, 0.4) is 0 Å². The van der Waals surface area contributed by atoms with Gasteiger partial charge >= 0.3 is 6.18 Å². The Morgan fingerprint density at radius 1 is 1.00 bits per heavy atom. The van der Waals surface area contributed by atoms with Gasteiger partial charge in [0.2, 0.25) is 0 Å². The van der Waals surface area contributed by atoms with Crippen LogP contribution in [-0.2, 0) is 12.7 Å². The number of anilines is 1. The lowest BCUT2D eigenvalue weighted by Gasteiger charge is -2.56. The fraction of sp³-hybridized carbons (Fsp3) is 0.500. The van der Waals surface area contributed by atoms with Crippen molar-refractivity contribution in [3.63, 3.8) is 0 Å². The van der Waals surface area contributed by atoms with Crippen molar-refractivity contribution in [1.82, 2.24) is 14.9 Å². The van der Waals surface area contributed by atoms with E-state index in [0.29, 0.717) is 24.5 Å². The van der Waals surface area contributed by atoms with Crippen molar-refractivity contribution in [2.45, 2.75) is 50.0 Å². The van der Waals surface area contributed by atoms with Crippen molar-refractivity contribution in [2.75, 3.05) is 18.0 Å². The molecule has 6 rings (SSSR count). The van der Waals surface area contributed by atoms with Gasteiger partial charge in [-0.25, -0.2) is 9.97 Å². The molecule has 2 aromatic rings. The Balaban J connectivity index is 1.23. The lowest BCUT2D eigenvalue weighted by molar-refractivity contribution is -0.137. The van der Waals surface area contributed by atoms with Crippen LogP contribution in [-0.4, -0.2) is 40.0 Å². The molecule has 2 bridgehead atoms. The average Bonchev–Trinajstić information content (AvgIpc) is 3.51. The zero-order valence-electron chi connectivity index (χ0n) is 14.9. The maximum atomic E-state index is 12.7. The summed E-state index contributed by atoms with van der Waals surface area (Å²) in [5.41, 5.74) is 1.50. The predicted molar refractivity (Wildman–Crippen MR) is 95.4 cm³/mol. The molecule has 0 N–H and O–H groups in total. The number of rotatable bonds is 4. The summed E-state index contributed by atoms with van der Waals surface area (Å²) in [5.74, 6) is 1.62. The predicted octanol–water partition coefficient (Wildman–Crippen LogP) is 3.84. The third-order valence-electron chi connectivity index (χ3n) is 5.98. The topological polar surface area (TPSA) is 32.3 Å². The highest BCUT2D eigenvalue weighted by atomic mass is 19.4. The first-order valence-electron chi connectivity index (χ1n) is 9.46. The third kappa shape index (κ3) is 3.29. The molecule has 1 aromatic heterocycles. The van der Waals surface area contributed by atoms with E-state index in [1.165, 1.54) is 25.0 Å². The molecule has 0 spiro atoms. The summed E-state index contributed by atoms with van der Waals surface area (Å²) in [6, 6.07) is 8.55. The lowest BCUT2D eigenvalue weighted by atomic mass is 9.86. The van der Waals surface area contributed by atoms with Crippen LogP contribution in [0.4, 0.5) is 19.0 Å². The highest BCUT2D eigenvalue weighted by Crippen LogP contribution is 2.40. The summed E-state index contributed by atoms with van der Waals surface area (Å²) in [5, 5.41) is 0. The van der Waals surface area contributed by atoms with Crippen LogP contribution < -0.4 is 4.90 Å². The summed E-state index contributed by atoms with van der Waals surface area (Å²) >= 11 is 0. The largest absolute Gasteiger partial charge is 0.416 e. The van der Waals surface area contributed by atoms with Gasteiger partial charge in [-0.1, -0.05) is 12.1 Å². The van der Waals surface area contributed by atoms with Crippen molar-refractivity contribution in [1.29, 1.82) is 0 Å². The molecule has 4 aliphatic rings. The quantitative estimate of drug-likeness (QED) is 0.814.